The monoisotopic (exact) mass is 234 g/mol. The molecule has 3 nitrogen and oxygen atoms in total. The van der Waals surface area contributed by atoms with Crippen LogP contribution in [0.5, 0.6) is 5.75 Å². The van der Waals surface area contributed by atoms with E-state index >= 15 is 0 Å². The van der Waals surface area contributed by atoms with Crippen molar-refractivity contribution in [3.8, 4) is 5.75 Å². The van der Waals surface area contributed by atoms with Crippen molar-refractivity contribution in [2.45, 2.75) is 32.1 Å². The van der Waals surface area contributed by atoms with E-state index in [1.807, 2.05) is 0 Å². The third-order valence-electron chi connectivity index (χ3n) is 3.63. The predicted molar refractivity (Wildman–Crippen MR) is 70.4 cm³/mol. The number of ether oxygens (including phenoxy) is 1. The van der Waals surface area contributed by atoms with Gasteiger partial charge in [0.2, 0.25) is 0 Å². The number of rotatable bonds is 3. The smallest absolute Gasteiger partial charge is 0.122 e. The van der Waals surface area contributed by atoms with Gasteiger partial charge in [0.25, 0.3) is 0 Å². The van der Waals surface area contributed by atoms with Crippen LogP contribution in [-0.4, -0.2) is 20.2 Å². The maximum absolute atomic E-state index is 5.43. The molecule has 0 spiro atoms. The van der Waals surface area contributed by atoms with Crippen molar-refractivity contribution in [1.29, 1.82) is 0 Å². The predicted octanol–water partition coefficient (Wildman–Crippen LogP) is 2.18. The van der Waals surface area contributed by atoms with E-state index in [4.69, 9.17) is 4.74 Å². The molecule has 2 rings (SSSR count). The summed E-state index contributed by atoms with van der Waals surface area (Å²) >= 11 is 0. The Bertz CT molecular complexity index is 395. The van der Waals surface area contributed by atoms with Crippen LogP contribution in [0, 0.1) is 0 Å². The molecule has 1 aliphatic rings. The molecule has 0 aliphatic carbocycles. The van der Waals surface area contributed by atoms with Crippen molar-refractivity contribution in [3.63, 3.8) is 0 Å². The van der Waals surface area contributed by atoms with Crippen LogP contribution in [0.15, 0.2) is 18.2 Å². The van der Waals surface area contributed by atoms with Gasteiger partial charge in [-0.05, 0) is 23.1 Å². The zero-order chi connectivity index (χ0) is 12.5. The Balaban J connectivity index is 2.40. The average molecular weight is 234 g/mol. The third-order valence-corrected chi connectivity index (χ3v) is 3.63. The molecule has 0 atom stereocenters. The van der Waals surface area contributed by atoms with Gasteiger partial charge >= 0.3 is 0 Å². The van der Waals surface area contributed by atoms with Crippen LogP contribution >= 0.6 is 0 Å². The van der Waals surface area contributed by atoms with E-state index in [9.17, 15) is 0 Å². The average Bonchev–Trinajstić information content (AvgIpc) is 2.76. The summed E-state index contributed by atoms with van der Waals surface area (Å²) in [5.41, 5.74) is 9.26. The van der Waals surface area contributed by atoms with Gasteiger partial charge in [0.05, 0.1) is 7.11 Å². The highest BCUT2D eigenvalue weighted by Gasteiger charge is 2.31. The number of hydrazine groups is 1. The van der Waals surface area contributed by atoms with Crippen LogP contribution < -0.4 is 15.6 Å². The summed E-state index contributed by atoms with van der Waals surface area (Å²) in [6.07, 6.45) is 0. The fourth-order valence-electron chi connectivity index (χ4n) is 2.34. The fraction of sp³-hybridized carbons (Fsp3) is 0.571. The lowest BCUT2D eigenvalue weighted by molar-refractivity contribution is 0.406. The van der Waals surface area contributed by atoms with Crippen LogP contribution in [-0.2, 0) is 5.41 Å². The van der Waals surface area contributed by atoms with E-state index in [1.165, 1.54) is 11.1 Å². The Labute approximate surface area is 104 Å². The second-order valence-electron chi connectivity index (χ2n) is 5.38. The first-order valence-electron chi connectivity index (χ1n) is 6.21. The zero-order valence-electron chi connectivity index (χ0n) is 11.1. The second-order valence-corrected chi connectivity index (χ2v) is 5.38. The topological polar surface area (TPSA) is 33.3 Å². The SMILES string of the molecule is COc1ccc(C2(C)CNNC2)cc1C(C)C. The van der Waals surface area contributed by atoms with Crippen molar-refractivity contribution in [2.75, 3.05) is 20.2 Å². The molecule has 2 N–H and O–H groups in total. The molecule has 0 amide bonds. The van der Waals surface area contributed by atoms with Crippen LogP contribution in [0.4, 0.5) is 0 Å². The number of benzene rings is 1. The third kappa shape index (κ3) is 2.31. The Hall–Kier alpha value is -1.06. The minimum Gasteiger partial charge on any atom is -0.496 e. The number of methoxy groups -OCH3 is 1. The van der Waals surface area contributed by atoms with Gasteiger partial charge in [-0.15, -0.1) is 0 Å². The molecule has 1 aromatic rings. The summed E-state index contributed by atoms with van der Waals surface area (Å²) in [7, 11) is 1.74. The van der Waals surface area contributed by atoms with Crippen molar-refractivity contribution >= 4 is 0 Å². The van der Waals surface area contributed by atoms with Gasteiger partial charge in [0.1, 0.15) is 5.75 Å². The highest BCUT2D eigenvalue weighted by molar-refractivity contribution is 5.42. The molecule has 0 bridgehead atoms. The van der Waals surface area contributed by atoms with E-state index in [0.29, 0.717) is 5.92 Å². The van der Waals surface area contributed by atoms with Gasteiger partial charge in [-0.3, -0.25) is 10.9 Å². The summed E-state index contributed by atoms with van der Waals surface area (Å²) in [5.74, 6) is 1.47. The largest absolute Gasteiger partial charge is 0.496 e. The highest BCUT2D eigenvalue weighted by atomic mass is 16.5. The molecule has 0 aromatic heterocycles. The summed E-state index contributed by atoms with van der Waals surface area (Å²) in [6, 6.07) is 6.56. The Morgan fingerprint density at radius 2 is 1.88 bits per heavy atom. The molecule has 1 saturated heterocycles. The number of nitrogens with one attached hydrogen (secondary N) is 2. The van der Waals surface area contributed by atoms with Gasteiger partial charge in [0, 0.05) is 18.5 Å². The molecule has 1 heterocycles. The van der Waals surface area contributed by atoms with Gasteiger partial charge in [0.15, 0.2) is 0 Å². The summed E-state index contributed by atoms with van der Waals surface area (Å²) < 4.78 is 5.43. The normalized spacial score (nSPS) is 18.6. The van der Waals surface area contributed by atoms with Crippen molar-refractivity contribution in [1.82, 2.24) is 10.9 Å². The molecule has 0 unspecified atom stereocenters. The maximum Gasteiger partial charge on any atom is 0.122 e. The molecule has 0 saturated carbocycles. The lowest BCUT2D eigenvalue weighted by atomic mass is 9.82. The van der Waals surface area contributed by atoms with Crippen LogP contribution in [0.3, 0.4) is 0 Å². The van der Waals surface area contributed by atoms with Crippen LogP contribution in [0.25, 0.3) is 0 Å². The first-order valence-corrected chi connectivity index (χ1v) is 6.21. The zero-order valence-corrected chi connectivity index (χ0v) is 11.1. The van der Waals surface area contributed by atoms with E-state index < -0.39 is 0 Å². The minimum absolute atomic E-state index is 0.176. The first kappa shape index (κ1) is 12.4. The van der Waals surface area contributed by atoms with Gasteiger partial charge in [-0.2, -0.15) is 0 Å². The second kappa shape index (κ2) is 4.67. The lowest BCUT2D eigenvalue weighted by Crippen LogP contribution is -2.27. The Morgan fingerprint density at radius 3 is 2.41 bits per heavy atom. The van der Waals surface area contributed by atoms with Crippen molar-refractivity contribution < 1.29 is 4.74 Å². The Kier molecular flexibility index (Phi) is 3.40. The molecular formula is C14H22N2O. The first-order chi connectivity index (χ1) is 8.07. The highest BCUT2D eigenvalue weighted by Crippen LogP contribution is 2.32. The van der Waals surface area contributed by atoms with Crippen molar-refractivity contribution in [2.24, 2.45) is 0 Å². The van der Waals surface area contributed by atoms with Crippen molar-refractivity contribution in [3.05, 3.63) is 29.3 Å². The number of hydrogen-bond acceptors (Lipinski definition) is 3. The Morgan fingerprint density at radius 1 is 1.24 bits per heavy atom. The van der Waals surface area contributed by atoms with Gasteiger partial charge in [-0.25, -0.2) is 0 Å². The van der Waals surface area contributed by atoms with Crippen LogP contribution in [0.2, 0.25) is 0 Å². The lowest BCUT2D eigenvalue weighted by Gasteiger charge is -2.24. The maximum atomic E-state index is 5.43. The van der Waals surface area contributed by atoms with Crippen LogP contribution in [0.1, 0.15) is 37.8 Å². The van der Waals surface area contributed by atoms with Gasteiger partial charge in [-0.1, -0.05) is 32.9 Å². The summed E-state index contributed by atoms with van der Waals surface area (Å²) in [4.78, 5) is 0. The fourth-order valence-corrected chi connectivity index (χ4v) is 2.34. The summed E-state index contributed by atoms with van der Waals surface area (Å²) in [5, 5.41) is 0. The summed E-state index contributed by atoms with van der Waals surface area (Å²) in [6.45, 7) is 8.63. The van der Waals surface area contributed by atoms with E-state index in [2.05, 4.69) is 49.8 Å². The molecule has 17 heavy (non-hydrogen) atoms. The van der Waals surface area contributed by atoms with E-state index in [-0.39, 0.29) is 5.41 Å². The van der Waals surface area contributed by atoms with E-state index in [0.717, 1.165) is 18.8 Å². The standard InChI is InChI=1S/C14H22N2O/c1-10(2)12-7-11(5-6-13(12)17-4)14(3)8-15-16-9-14/h5-7,10,15-16H,8-9H2,1-4H3. The van der Waals surface area contributed by atoms with E-state index in [1.54, 1.807) is 7.11 Å². The molecular weight excluding hydrogens is 212 g/mol. The molecule has 1 fully saturated rings. The molecule has 1 aromatic carbocycles. The molecule has 3 heteroatoms. The molecule has 1 aliphatic heterocycles. The minimum atomic E-state index is 0.176. The molecule has 0 radical (unpaired) electrons. The number of hydrogen-bond donors (Lipinski definition) is 2. The quantitative estimate of drug-likeness (QED) is 0.841. The molecule has 94 valence electrons. The van der Waals surface area contributed by atoms with Gasteiger partial charge < -0.3 is 4.74 Å².